The van der Waals surface area contributed by atoms with Crippen LogP contribution in [0.5, 0.6) is 0 Å². The normalized spacial score (nSPS) is 20.9. The summed E-state index contributed by atoms with van der Waals surface area (Å²) in [6, 6.07) is 3.66. The van der Waals surface area contributed by atoms with Crippen molar-refractivity contribution in [2.45, 2.75) is 44.1 Å². The average Bonchev–Trinajstić information content (AvgIpc) is 2.67. The summed E-state index contributed by atoms with van der Waals surface area (Å²) in [6.45, 7) is 0. The highest BCUT2D eigenvalue weighted by Gasteiger charge is 2.36. The van der Waals surface area contributed by atoms with Crippen LogP contribution in [0.2, 0.25) is 0 Å². The van der Waals surface area contributed by atoms with Crippen LogP contribution in [0.25, 0.3) is 0 Å². The molecule has 0 saturated heterocycles. The molecule has 3 heteroatoms. The molecular weight excluding hydrogens is 208 g/mol. The van der Waals surface area contributed by atoms with Crippen LogP contribution >= 0.6 is 11.3 Å². The molecule has 0 atom stereocenters. The second-order valence-corrected chi connectivity index (χ2v) is 5.20. The molecule has 2 rings (SSSR count). The summed E-state index contributed by atoms with van der Waals surface area (Å²) in [4.78, 5) is 12.8. The maximum atomic E-state index is 12.1. The van der Waals surface area contributed by atoms with Crippen LogP contribution in [0.1, 0.15) is 48.2 Å². The highest BCUT2D eigenvalue weighted by Crippen LogP contribution is 2.31. The number of hydrogen-bond acceptors (Lipinski definition) is 3. The van der Waals surface area contributed by atoms with E-state index in [2.05, 4.69) is 0 Å². The van der Waals surface area contributed by atoms with Gasteiger partial charge in [-0.15, -0.1) is 11.3 Å². The Balaban J connectivity index is 2.16. The van der Waals surface area contributed by atoms with Crippen molar-refractivity contribution in [2.75, 3.05) is 0 Å². The number of rotatable bonds is 2. The third-order valence-electron chi connectivity index (χ3n) is 3.10. The molecule has 0 radical (unpaired) electrons. The van der Waals surface area contributed by atoms with Crippen LogP contribution in [-0.4, -0.2) is 16.5 Å². The van der Waals surface area contributed by atoms with E-state index in [4.69, 9.17) is 0 Å². The van der Waals surface area contributed by atoms with Gasteiger partial charge in [-0.2, -0.15) is 0 Å². The Bertz CT molecular complexity index is 321. The van der Waals surface area contributed by atoms with E-state index in [0.717, 1.165) is 25.7 Å². The van der Waals surface area contributed by atoms with Crippen LogP contribution in [0, 0.1) is 0 Å². The Morgan fingerprint density at radius 3 is 2.47 bits per heavy atom. The minimum absolute atomic E-state index is 0.0700. The summed E-state index contributed by atoms with van der Waals surface area (Å²) in [5.74, 6) is -0.0700. The molecule has 1 saturated carbocycles. The van der Waals surface area contributed by atoms with Gasteiger partial charge in [-0.1, -0.05) is 31.7 Å². The summed E-state index contributed by atoms with van der Waals surface area (Å²) >= 11 is 1.42. The largest absolute Gasteiger partial charge is 0.382 e. The van der Waals surface area contributed by atoms with E-state index in [1.165, 1.54) is 11.3 Å². The van der Waals surface area contributed by atoms with Crippen molar-refractivity contribution in [2.24, 2.45) is 0 Å². The van der Waals surface area contributed by atoms with Crippen LogP contribution in [0.3, 0.4) is 0 Å². The van der Waals surface area contributed by atoms with Crippen molar-refractivity contribution >= 4 is 17.1 Å². The number of aliphatic hydroxyl groups is 1. The lowest BCUT2D eigenvalue weighted by atomic mass is 9.89. The van der Waals surface area contributed by atoms with Crippen molar-refractivity contribution in [3.63, 3.8) is 0 Å². The first-order valence-electron chi connectivity index (χ1n) is 5.53. The summed E-state index contributed by atoms with van der Waals surface area (Å²) in [7, 11) is 0. The van der Waals surface area contributed by atoms with Gasteiger partial charge >= 0.3 is 0 Å². The lowest BCUT2D eigenvalue weighted by molar-refractivity contribution is 0.0242. The first-order valence-corrected chi connectivity index (χ1v) is 6.41. The van der Waals surface area contributed by atoms with E-state index >= 15 is 0 Å². The van der Waals surface area contributed by atoms with Gasteiger partial charge in [0.25, 0.3) is 0 Å². The van der Waals surface area contributed by atoms with Crippen LogP contribution in [0.15, 0.2) is 17.5 Å². The molecular formula is C12H16O2S. The molecule has 15 heavy (non-hydrogen) atoms. The molecule has 1 aromatic rings. The van der Waals surface area contributed by atoms with Gasteiger partial charge in [0, 0.05) is 0 Å². The summed E-state index contributed by atoms with van der Waals surface area (Å²) in [5.41, 5.74) is -1.08. The highest BCUT2D eigenvalue weighted by atomic mass is 32.1. The maximum Gasteiger partial charge on any atom is 0.204 e. The number of thiophene rings is 1. The SMILES string of the molecule is O=C(c1cccs1)C1(O)CCCCCC1. The number of ketones is 1. The summed E-state index contributed by atoms with van der Waals surface area (Å²) in [6.07, 6.45) is 5.47. The zero-order valence-corrected chi connectivity index (χ0v) is 9.55. The summed E-state index contributed by atoms with van der Waals surface area (Å²) in [5, 5.41) is 12.2. The second-order valence-electron chi connectivity index (χ2n) is 4.25. The van der Waals surface area contributed by atoms with E-state index in [0.29, 0.717) is 17.7 Å². The summed E-state index contributed by atoms with van der Waals surface area (Å²) < 4.78 is 0. The molecule has 0 spiro atoms. The van der Waals surface area contributed by atoms with Gasteiger partial charge in [-0.05, 0) is 24.3 Å². The highest BCUT2D eigenvalue weighted by molar-refractivity contribution is 7.12. The molecule has 0 unspecified atom stereocenters. The lowest BCUT2D eigenvalue weighted by Crippen LogP contribution is -2.37. The molecule has 82 valence electrons. The van der Waals surface area contributed by atoms with E-state index in [9.17, 15) is 9.90 Å². The fourth-order valence-corrected chi connectivity index (χ4v) is 2.94. The lowest BCUT2D eigenvalue weighted by Gasteiger charge is -2.24. The number of hydrogen-bond donors (Lipinski definition) is 1. The Morgan fingerprint density at radius 2 is 1.93 bits per heavy atom. The quantitative estimate of drug-likeness (QED) is 0.619. The molecule has 0 amide bonds. The molecule has 1 aliphatic carbocycles. The third kappa shape index (κ3) is 2.29. The molecule has 0 aliphatic heterocycles. The van der Waals surface area contributed by atoms with Gasteiger partial charge in [0.2, 0.25) is 5.78 Å². The van der Waals surface area contributed by atoms with E-state index in [-0.39, 0.29) is 5.78 Å². The van der Waals surface area contributed by atoms with Gasteiger partial charge in [0.15, 0.2) is 0 Å². The zero-order valence-electron chi connectivity index (χ0n) is 8.74. The first kappa shape index (κ1) is 10.8. The van der Waals surface area contributed by atoms with Gasteiger partial charge in [0.1, 0.15) is 5.60 Å². The second kappa shape index (κ2) is 4.45. The molecule has 1 aliphatic rings. The van der Waals surface area contributed by atoms with E-state index in [1.807, 2.05) is 11.4 Å². The predicted molar refractivity (Wildman–Crippen MR) is 61.3 cm³/mol. The van der Waals surface area contributed by atoms with Gasteiger partial charge < -0.3 is 5.11 Å². The van der Waals surface area contributed by atoms with E-state index < -0.39 is 5.60 Å². The van der Waals surface area contributed by atoms with Gasteiger partial charge in [-0.3, -0.25) is 4.79 Å². The Hall–Kier alpha value is -0.670. The van der Waals surface area contributed by atoms with Gasteiger partial charge in [-0.25, -0.2) is 0 Å². The van der Waals surface area contributed by atoms with Crippen LogP contribution in [-0.2, 0) is 0 Å². The third-order valence-corrected chi connectivity index (χ3v) is 3.97. The van der Waals surface area contributed by atoms with Crippen LogP contribution < -0.4 is 0 Å². The maximum absolute atomic E-state index is 12.1. The van der Waals surface area contributed by atoms with Crippen molar-refractivity contribution in [3.8, 4) is 0 Å². The van der Waals surface area contributed by atoms with Crippen molar-refractivity contribution < 1.29 is 9.90 Å². The first-order chi connectivity index (χ1) is 7.22. The van der Waals surface area contributed by atoms with Crippen molar-refractivity contribution in [1.29, 1.82) is 0 Å². The molecule has 0 bridgehead atoms. The van der Waals surface area contributed by atoms with E-state index in [1.54, 1.807) is 6.07 Å². The van der Waals surface area contributed by atoms with Crippen LogP contribution in [0.4, 0.5) is 0 Å². The zero-order chi connectivity index (χ0) is 10.7. The Morgan fingerprint density at radius 1 is 1.27 bits per heavy atom. The minimum atomic E-state index is -1.08. The smallest absolute Gasteiger partial charge is 0.204 e. The van der Waals surface area contributed by atoms with Crippen molar-refractivity contribution in [1.82, 2.24) is 0 Å². The Kier molecular flexibility index (Phi) is 3.22. The monoisotopic (exact) mass is 224 g/mol. The molecule has 1 heterocycles. The fraction of sp³-hybridized carbons (Fsp3) is 0.583. The average molecular weight is 224 g/mol. The molecule has 0 aromatic carbocycles. The molecule has 2 nitrogen and oxygen atoms in total. The predicted octanol–water partition coefficient (Wildman–Crippen LogP) is 3.02. The number of carbonyl (C=O) groups excluding carboxylic acids is 1. The fourth-order valence-electron chi connectivity index (χ4n) is 2.18. The Labute approximate surface area is 93.9 Å². The number of carbonyl (C=O) groups is 1. The molecule has 1 fully saturated rings. The molecule has 1 N–H and O–H groups in total. The molecule has 1 aromatic heterocycles. The van der Waals surface area contributed by atoms with Crippen molar-refractivity contribution in [3.05, 3.63) is 22.4 Å². The number of Topliss-reactive ketones (excluding diaryl/α,β-unsaturated/α-hetero) is 1. The standard InChI is InChI=1S/C12H16O2S/c13-11(10-6-5-9-15-10)12(14)7-3-1-2-4-8-12/h5-6,9,14H,1-4,7-8H2. The topological polar surface area (TPSA) is 37.3 Å². The minimum Gasteiger partial charge on any atom is -0.382 e. The van der Waals surface area contributed by atoms with Gasteiger partial charge in [0.05, 0.1) is 4.88 Å².